The van der Waals surface area contributed by atoms with E-state index in [1.807, 2.05) is 59.3 Å². The van der Waals surface area contributed by atoms with Crippen molar-refractivity contribution in [3.63, 3.8) is 0 Å². The molecule has 0 fully saturated rings. The van der Waals surface area contributed by atoms with Crippen molar-refractivity contribution in [1.29, 1.82) is 0 Å². The third kappa shape index (κ3) is 4.78. The van der Waals surface area contributed by atoms with Crippen LogP contribution in [0.2, 0.25) is 0 Å². The zero-order chi connectivity index (χ0) is 17.5. The number of aliphatic hydroxyl groups excluding tert-OH is 1. The summed E-state index contributed by atoms with van der Waals surface area (Å²) in [6.07, 6.45) is 6.19. The summed E-state index contributed by atoms with van der Waals surface area (Å²) in [5, 5.41) is 12.0. The van der Waals surface area contributed by atoms with Gasteiger partial charge in [0.1, 0.15) is 0 Å². The predicted molar refractivity (Wildman–Crippen MR) is 96.2 cm³/mol. The summed E-state index contributed by atoms with van der Waals surface area (Å²) in [7, 11) is 0. The fourth-order valence-corrected chi connectivity index (χ4v) is 2.59. The molecule has 2 N–H and O–H groups in total. The molecule has 5 nitrogen and oxygen atoms in total. The predicted octanol–water partition coefficient (Wildman–Crippen LogP) is 2.40. The number of rotatable bonds is 7. The van der Waals surface area contributed by atoms with Gasteiger partial charge in [-0.2, -0.15) is 0 Å². The van der Waals surface area contributed by atoms with Crippen LogP contribution in [0.4, 0.5) is 0 Å². The maximum atomic E-state index is 12.2. The minimum Gasteiger partial charge on any atom is -0.392 e. The van der Waals surface area contributed by atoms with E-state index in [9.17, 15) is 4.79 Å². The zero-order valence-corrected chi connectivity index (χ0v) is 13.9. The van der Waals surface area contributed by atoms with Crippen molar-refractivity contribution in [2.75, 3.05) is 6.54 Å². The summed E-state index contributed by atoms with van der Waals surface area (Å²) in [5.74, 6) is -0.0684. The van der Waals surface area contributed by atoms with Crippen molar-refractivity contribution in [3.05, 3.63) is 89.5 Å². The second kappa shape index (κ2) is 8.26. The SMILES string of the molecule is O=C(NCCc1ccc(CO)cc1)c1ccc(Cn2ccnc2)cc1. The van der Waals surface area contributed by atoms with Crippen molar-refractivity contribution in [2.45, 2.75) is 19.6 Å². The van der Waals surface area contributed by atoms with Crippen LogP contribution < -0.4 is 5.32 Å². The Hall–Kier alpha value is -2.92. The molecule has 0 radical (unpaired) electrons. The first kappa shape index (κ1) is 16.9. The van der Waals surface area contributed by atoms with Crippen molar-refractivity contribution in [2.24, 2.45) is 0 Å². The summed E-state index contributed by atoms with van der Waals surface area (Å²) in [4.78, 5) is 16.2. The van der Waals surface area contributed by atoms with Gasteiger partial charge in [0.25, 0.3) is 5.91 Å². The Kier molecular flexibility index (Phi) is 5.59. The largest absolute Gasteiger partial charge is 0.392 e. The Labute approximate surface area is 147 Å². The lowest BCUT2D eigenvalue weighted by atomic mass is 10.1. The van der Waals surface area contributed by atoms with Crippen LogP contribution >= 0.6 is 0 Å². The Morgan fingerprint density at radius 1 is 1.00 bits per heavy atom. The summed E-state index contributed by atoms with van der Waals surface area (Å²) in [5.41, 5.74) is 3.81. The Morgan fingerprint density at radius 3 is 2.32 bits per heavy atom. The first-order valence-corrected chi connectivity index (χ1v) is 8.26. The Balaban J connectivity index is 1.49. The third-order valence-electron chi connectivity index (χ3n) is 4.05. The van der Waals surface area contributed by atoms with Gasteiger partial charge >= 0.3 is 0 Å². The highest BCUT2D eigenvalue weighted by Crippen LogP contribution is 2.07. The lowest BCUT2D eigenvalue weighted by Gasteiger charge is -2.07. The monoisotopic (exact) mass is 335 g/mol. The van der Waals surface area contributed by atoms with Crippen LogP contribution in [0.15, 0.2) is 67.3 Å². The van der Waals surface area contributed by atoms with E-state index in [1.54, 1.807) is 12.5 Å². The Morgan fingerprint density at radius 2 is 1.68 bits per heavy atom. The number of aromatic nitrogens is 2. The van der Waals surface area contributed by atoms with Gasteiger partial charge in [0.05, 0.1) is 12.9 Å². The standard InChI is InChI=1S/C20H21N3O2/c24-14-18-3-1-16(2-4-18)9-10-22-20(25)19-7-5-17(6-8-19)13-23-12-11-21-15-23/h1-8,11-12,15,24H,9-10,13-14H2,(H,22,25). The quantitative estimate of drug-likeness (QED) is 0.697. The second-order valence-electron chi connectivity index (χ2n) is 5.91. The fraction of sp³-hybridized carbons (Fsp3) is 0.200. The van der Waals surface area contributed by atoms with Gasteiger partial charge in [-0.1, -0.05) is 36.4 Å². The number of hydrogen-bond donors (Lipinski definition) is 2. The van der Waals surface area contributed by atoms with Crippen molar-refractivity contribution >= 4 is 5.91 Å². The smallest absolute Gasteiger partial charge is 0.251 e. The normalized spacial score (nSPS) is 10.6. The topological polar surface area (TPSA) is 67.2 Å². The van der Waals surface area contributed by atoms with Crippen LogP contribution in [0, 0.1) is 0 Å². The van der Waals surface area contributed by atoms with E-state index >= 15 is 0 Å². The number of aliphatic hydroxyl groups is 1. The molecule has 0 saturated heterocycles. The summed E-state index contributed by atoms with van der Waals surface area (Å²) < 4.78 is 1.98. The van der Waals surface area contributed by atoms with E-state index in [1.165, 1.54) is 0 Å². The van der Waals surface area contributed by atoms with Crippen molar-refractivity contribution in [3.8, 4) is 0 Å². The number of amides is 1. The maximum Gasteiger partial charge on any atom is 0.251 e. The fourth-order valence-electron chi connectivity index (χ4n) is 2.59. The molecular weight excluding hydrogens is 314 g/mol. The molecule has 0 bridgehead atoms. The van der Waals surface area contributed by atoms with Crippen LogP contribution in [0.5, 0.6) is 0 Å². The number of nitrogens with zero attached hydrogens (tertiary/aromatic N) is 2. The molecule has 2 aromatic carbocycles. The molecular formula is C20H21N3O2. The van der Waals surface area contributed by atoms with Gasteiger partial charge in [0.2, 0.25) is 0 Å². The first-order valence-electron chi connectivity index (χ1n) is 8.26. The molecule has 0 aliphatic carbocycles. The average Bonchev–Trinajstić information content (AvgIpc) is 3.16. The molecule has 0 spiro atoms. The maximum absolute atomic E-state index is 12.2. The number of nitrogens with one attached hydrogen (secondary N) is 1. The lowest BCUT2D eigenvalue weighted by molar-refractivity contribution is 0.0954. The average molecular weight is 335 g/mol. The summed E-state index contributed by atoms with van der Waals surface area (Å²) in [6.45, 7) is 1.37. The molecule has 0 aliphatic heterocycles. The van der Waals surface area contributed by atoms with Gasteiger partial charge in [0, 0.05) is 31.0 Å². The molecule has 0 unspecified atom stereocenters. The second-order valence-corrected chi connectivity index (χ2v) is 5.91. The highest BCUT2D eigenvalue weighted by molar-refractivity contribution is 5.94. The molecule has 5 heteroatoms. The molecule has 25 heavy (non-hydrogen) atoms. The van der Waals surface area contributed by atoms with E-state index in [2.05, 4.69) is 10.3 Å². The number of imidazole rings is 1. The number of carbonyl (C=O) groups excluding carboxylic acids is 1. The minimum atomic E-state index is -0.0684. The summed E-state index contributed by atoms with van der Waals surface area (Å²) >= 11 is 0. The lowest BCUT2D eigenvalue weighted by Crippen LogP contribution is -2.25. The molecule has 128 valence electrons. The number of hydrogen-bond acceptors (Lipinski definition) is 3. The third-order valence-corrected chi connectivity index (χ3v) is 4.05. The van der Waals surface area contributed by atoms with Crippen LogP contribution in [0.3, 0.4) is 0 Å². The van der Waals surface area contributed by atoms with E-state index in [0.29, 0.717) is 12.1 Å². The van der Waals surface area contributed by atoms with Crippen LogP contribution in [-0.4, -0.2) is 27.1 Å². The first-order chi connectivity index (χ1) is 12.2. The molecule has 3 aromatic rings. The van der Waals surface area contributed by atoms with Gasteiger partial charge in [0.15, 0.2) is 0 Å². The molecule has 3 rings (SSSR count). The molecule has 0 aliphatic rings. The zero-order valence-electron chi connectivity index (χ0n) is 13.9. The van der Waals surface area contributed by atoms with Crippen LogP contribution in [0.25, 0.3) is 0 Å². The molecule has 1 aromatic heterocycles. The van der Waals surface area contributed by atoms with Crippen LogP contribution in [-0.2, 0) is 19.6 Å². The van der Waals surface area contributed by atoms with E-state index in [4.69, 9.17) is 5.11 Å². The van der Waals surface area contributed by atoms with Gasteiger partial charge in [-0.15, -0.1) is 0 Å². The highest BCUT2D eigenvalue weighted by Gasteiger charge is 2.05. The molecule has 1 amide bonds. The number of carbonyl (C=O) groups is 1. The van der Waals surface area contributed by atoms with E-state index in [-0.39, 0.29) is 12.5 Å². The minimum absolute atomic E-state index is 0.0495. The van der Waals surface area contributed by atoms with Crippen molar-refractivity contribution in [1.82, 2.24) is 14.9 Å². The van der Waals surface area contributed by atoms with Gasteiger partial charge in [-0.25, -0.2) is 4.98 Å². The van der Waals surface area contributed by atoms with Gasteiger partial charge in [-0.3, -0.25) is 4.79 Å². The van der Waals surface area contributed by atoms with Gasteiger partial charge in [-0.05, 0) is 35.2 Å². The molecule has 0 saturated carbocycles. The molecule has 0 atom stereocenters. The Bertz CT molecular complexity index is 794. The highest BCUT2D eigenvalue weighted by atomic mass is 16.3. The number of benzene rings is 2. The van der Waals surface area contributed by atoms with Crippen LogP contribution in [0.1, 0.15) is 27.0 Å². The van der Waals surface area contributed by atoms with Crippen molar-refractivity contribution < 1.29 is 9.90 Å². The van der Waals surface area contributed by atoms with Gasteiger partial charge < -0.3 is 15.0 Å². The summed E-state index contributed by atoms with van der Waals surface area (Å²) in [6, 6.07) is 15.4. The molecule has 1 heterocycles. The van der Waals surface area contributed by atoms with E-state index in [0.717, 1.165) is 29.7 Å². The van der Waals surface area contributed by atoms with E-state index < -0.39 is 0 Å².